The third kappa shape index (κ3) is 4.12. The lowest BCUT2D eigenvalue weighted by atomic mass is 9.99. The Morgan fingerprint density at radius 3 is 2.11 bits per heavy atom. The highest BCUT2D eigenvalue weighted by Crippen LogP contribution is 2.19. The van der Waals surface area contributed by atoms with Crippen molar-refractivity contribution in [1.82, 2.24) is 4.90 Å². The van der Waals surface area contributed by atoms with E-state index >= 15 is 0 Å². The molecule has 0 amide bonds. The Hall–Kier alpha value is -1.25. The van der Waals surface area contributed by atoms with Gasteiger partial charge in [0.25, 0.3) is 0 Å². The Labute approximate surface area is 120 Å². The second-order valence-corrected chi connectivity index (χ2v) is 5.91. The maximum absolute atomic E-state index is 2.24. The largest absolute Gasteiger partial charge is 0.305 e. The topological polar surface area (TPSA) is 3.24 Å². The van der Waals surface area contributed by atoms with Crippen molar-refractivity contribution < 1.29 is 0 Å². The van der Waals surface area contributed by atoms with Gasteiger partial charge in [-0.15, -0.1) is 11.8 Å². The maximum Gasteiger partial charge on any atom is 0.0230 e. The Kier molecular flexibility index (Phi) is 5.06. The summed E-state index contributed by atoms with van der Waals surface area (Å²) in [5.41, 5.74) is 4.22. The minimum atomic E-state index is 0.999. The summed E-state index contributed by atoms with van der Waals surface area (Å²) >= 11 is 1.79. The first-order chi connectivity index (χ1) is 9.19. The number of hydrogen-bond acceptors (Lipinski definition) is 2. The van der Waals surface area contributed by atoms with E-state index in [-0.39, 0.29) is 0 Å². The maximum atomic E-state index is 2.24. The van der Waals surface area contributed by atoms with Gasteiger partial charge in [-0.05, 0) is 55.6 Å². The average Bonchev–Trinajstić information content (AvgIpc) is 2.41. The van der Waals surface area contributed by atoms with E-state index in [9.17, 15) is 0 Å². The summed E-state index contributed by atoms with van der Waals surface area (Å²) in [6, 6.07) is 17.6. The highest BCUT2D eigenvalue weighted by molar-refractivity contribution is 7.98. The summed E-state index contributed by atoms with van der Waals surface area (Å²) in [7, 11) is 4.23. The molecule has 1 nitrogen and oxygen atoms in total. The van der Waals surface area contributed by atoms with Crippen molar-refractivity contribution in [1.29, 1.82) is 0 Å². The molecule has 0 atom stereocenters. The van der Waals surface area contributed by atoms with Crippen molar-refractivity contribution in [2.75, 3.05) is 20.4 Å². The van der Waals surface area contributed by atoms with Crippen molar-refractivity contribution in [2.45, 2.75) is 17.9 Å². The lowest BCUT2D eigenvalue weighted by molar-refractivity contribution is 0.401. The van der Waals surface area contributed by atoms with Crippen LogP contribution in [-0.2, 0) is 13.0 Å². The molecule has 0 aromatic heterocycles. The molecule has 0 unspecified atom stereocenters. The third-order valence-electron chi connectivity index (χ3n) is 3.16. The molecule has 2 aromatic carbocycles. The lowest BCUT2D eigenvalue weighted by Crippen LogP contribution is -2.12. The van der Waals surface area contributed by atoms with Gasteiger partial charge in [0, 0.05) is 11.4 Å². The van der Waals surface area contributed by atoms with E-state index in [0.717, 1.165) is 13.0 Å². The molecule has 0 saturated carbocycles. The van der Waals surface area contributed by atoms with Crippen LogP contribution < -0.4 is 0 Å². The zero-order valence-electron chi connectivity index (χ0n) is 11.9. The van der Waals surface area contributed by atoms with Crippen LogP contribution in [0.25, 0.3) is 0 Å². The van der Waals surface area contributed by atoms with Crippen LogP contribution in [0.5, 0.6) is 0 Å². The lowest BCUT2D eigenvalue weighted by Gasteiger charge is -2.14. The minimum Gasteiger partial charge on any atom is -0.305 e. The first-order valence-corrected chi connectivity index (χ1v) is 7.76. The molecule has 0 spiro atoms. The number of nitrogens with zero attached hydrogens (tertiary/aromatic N) is 1. The van der Waals surface area contributed by atoms with Crippen LogP contribution in [0.2, 0.25) is 0 Å². The average molecular weight is 271 g/mol. The van der Waals surface area contributed by atoms with E-state index in [1.165, 1.54) is 21.6 Å². The van der Waals surface area contributed by atoms with Gasteiger partial charge in [0.2, 0.25) is 0 Å². The molecule has 2 aromatic rings. The van der Waals surface area contributed by atoms with E-state index in [1.54, 1.807) is 11.8 Å². The number of thioether (sulfide) groups is 1. The van der Waals surface area contributed by atoms with Crippen molar-refractivity contribution >= 4 is 11.8 Å². The summed E-state index contributed by atoms with van der Waals surface area (Å²) in [4.78, 5) is 3.54. The molecule has 0 saturated heterocycles. The van der Waals surface area contributed by atoms with Crippen molar-refractivity contribution in [3.05, 3.63) is 65.2 Å². The van der Waals surface area contributed by atoms with Crippen LogP contribution in [0, 0.1) is 0 Å². The molecule has 0 heterocycles. The zero-order valence-corrected chi connectivity index (χ0v) is 12.7. The minimum absolute atomic E-state index is 0.999. The highest BCUT2D eigenvalue weighted by Gasteiger charge is 2.04. The van der Waals surface area contributed by atoms with E-state index in [2.05, 4.69) is 73.8 Å². The molecule has 0 bridgehead atoms. The zero-order chi connectivity index (χ0) is 13.7. The monoisotopic (exact) mass is 271 g/mol. The molecule has 0 aliphatic rings. The molecule has 2 rings (SSSR count). The molecule has 0 N–H and O–H groups in total. The first-order valence-electron chi connectivity index (χ1n) is 6.53. The quantitative estimate of drug-likeness (QED) is 0.754. The van der Waals surface area contributed by atoms with Crippen LogP contribution in [0.4, 0.5) is 0 Å². The molecule has 0 radical (unpaired) electrons. The van der Waals surface area contributed by atoms with E-state index in [0.29, 0.717) is 0 Å². The molecular weight excluding hydrogens is 250 g/mol. The molecule has 0 aliphatic carbocycles. The fourth-order valence-corrected chi connectivity index (χ4v) is 2.60. The fourth-order valence-electron chi connectivity index (χ4n) is 2.19. The Morgan fingerprint density at radius 2 is 1.53 bits per heavy atom. The molecule has 19 heavy (non-hydrogen) atoms. The summed E-state index contributed by atoms with van der Waals surface area (Å²) in [6.45, 7) is 0.999. The van der Waals surface area contributed by atoms with Gasteiger partial charge in [-0.3, -0.25) is 0 Å². The normalized spacial score (nSPS) is 10.9. The number of rotatable bonds is 5. The van der Waals surface area contributed by atoms with Crippen LogP contribution in [-0.4, -0.2) is 25.3 Å². The molecular formula is C17H21NS. The fraction of sp³-hybridized carbons (Fsp3) is 0.294. The Morgan fingerprint density at radius 1 is 0.895 bits per heavy atom. The van der Waals surface area contributed by atoms with Crippen LogP contribution in [0.1, 0.15) is 16.7 Å². The smallest absolute Gasteiger partial charge is 0.0230 e. The van der Waals surface area contributed by atoms with Gasteiger partial charge in [0.05, 0.1) is 0 Å². The van der Waals surface area contributed by atoms with Gasteiger partial charge in [-0.25, -0.2) is 0 Å². The van der Waals surface area contributed by atoms with E-state index in [4.69, 9.17) is 0 Å². The van der Waals surface area contributed by atoms with Crippen molar-refractivity contribution in [3.63, 3.8) is 0 Å². The van der Waals surface area contributed by atoms with Gasteiger partial charge < -0.3 is 4.90 Å². The first kappa shape index (κ1) is 14.2. The van der Waals surface area contributed by atoms with Crippen LogP contribution in [0.3, 0.4) is 0 Å². The summed E-state index contributed by atoms with van der Waals surface area (Å²) in [5, 5.41) is 0. The van der Waals surface area contributed by atoms with Crippen molar-refractivity contribution in [3.8, 4) is 0 Å². The predicted octanol–water partition coefficient (Wildman–Crippen LogP) is 4.06. The molecule has 0 fully saturated rings. The summed E-state index contributed by atoms with van der Waals surface area (Å²) in [6.07, 6.45) is 3.13. The number of benzene rings is 2. The van der Waals surface area contributed by atoms with Gasteiger partial charge in [-0.2, -0.15) is 0 Å². The second kappa shape index (κ2) is 6.78. The van der Waals surface area contributed by atoms with Gasteiger partial charge in [0.1, 0.15) is 0 Å². The Balaban J connectivity index is 2.17. The third-order valence-corrected chi connectivity index (χ3v) is 3.90. The van der Waals surface area contributed by atoms with Gasteiger partial charge in [0.15, 0.2) is 0 Å². The second-order valence-electron chi connectivity index (χ2n) is 5.03. The molecule has 100 valence electrons. The molecule has 2 heteroatoms. The molecule has 0 aliphatic heterocycles. The van der Waals surface area contributed by atoms with Gasteiger partial charge >= 0.3 is 0 Å². The van der Waals surface area contributed by atoms with Crippen molar-refractivity contribution in [2.24, 2.45) is 0 Å². The van der Waals surface area contributed by atoms with Gasteiger partial charge in [-0.1, -0.05) is 36.4 Å². The Bertz CT molecular complexity index is 517. The SMILES string of the molecule is CSc1ccc(Cc2ccccc2CN(C)C)cc1. The van der Waals surface area contributed by atoms with Crippen LogP contribution >= 0.6 is 11.8 Å². The van der Waals surface area contributed by atoms with E-state index in [1.807, 2.05) is 0 Å². The number of hydrogen-bond donors (Lipinski definition) is 0. The van der Waals surface area contributed by atoms with Crippen LogP contribution in [0.15, 0.2) is 53.4 Å². The highest BCUT2D eigenvalue weighted by atomic mass is 32.2. The summed E-state index contributed by atoms with van der Waals surface area (Å²) in [5.74, 6) is 0. The predicted molar refractivity (Wildman–Crippen MR) is 84.9 cm³/mol. The van der Waals surface area contributed by atoms with E-state index < -0.39 is 0 Å². The standard InChI is InChI=1S/C17H21NS/c1-18(2)13-16-7-5-4-6-15(16)12-14-8-10-17(19-3)11-9-14/h4-11H,12-13H2,1-3H3. The summed E-state index contributed by atoms with van der Waals surface area (Å²) < 4.78 is 0.